The molecule has 0 radical (unpaired) electrons. The van der Waals surface area contributed by atoms with Gasteiger partial charge in [-0.1, -0.05) is 6.07 Å². The largest absolute Gasteiger partial charge is 0.481 e. The number of aliphatic carboxylic acids is 1. The third-order valence-corrected chi connectivity index (χ3v) is 2.87. The summed E-state index contributed by atoms with van der Waals surface area (Å²) < 4.78 is 0. The van der Waals surface area contributed by atoms with Gasteiger partial charge in [0.25, 0.3) is 0 Å². The van der Waals surface area contributed by atoms with Crippen molar-refractivity contribution >= 4 is 12.0 Å². The lowest BCUT2D eigenvalue weighted by atomic mass is 10.2. The first-order chi connectivity index (χ1) is 9.59. The Bertz CT molecular complexity index is 423. The first-order valence-electron chi connectivity index (χ1n) is 6.70. The Morgan fingerprint density at radius 3 is 2.80 bits per heavy atom. The van der Waals surface area contributed by atoms with Crippen LogP contribution in [-0.2, 0) is 11.2 Å². The molecule has 2 N–H and O–H groups in total. The van der Waals surface area contributed by atoms with Gasteiger partial charge in [0.05, 0.1) is 0 Å². The van der Waals surface area contributed by atoms with E-state index >= 15 is 0 Å². The van der Waals surface area contributed by atoms with E-state index in [-0.39, 0.29) is 12.5 Å². The quantitative estimate of drug-likeness (QED) is 0.707. The monoisotopic (exact) mass is 279 g/mol. The molecule has 1 rings (SSSR count). The Morgan fingerprint density at radius 1 is 1.35 bits per heavy atom. The highest BCUT2D eigenvalue weighted by molar-refractivity contribution is 5.73. The van der Waals surface area contributed by atoms with Crippen molar-refractivity contribution in [1.82, 2.24) is 15.2 Å². The molecule has 0 aromatic carbocycles. The van der Waals surface area contributed by atoms with Gasteiger partial charge in [0.15, 0.2) is 0 Å². The number of carbonyl (C=O) groups is 2. The highest BCUT2D eigenvalue weighted by Gasteiger charge is 2.07. The number of unbranched alkanes of at least 4 members (excludes halogenated alkanes) is 1. The van der Waals surface area contributed by atoms with Crippen LogP contribution in [0.5, 0.6) is 0 Å². The van der Waals surface area contributed by atoms with Gasteiger partial charge in [-0.2, -0.15) is 0 Å². The van der Waals surface area contributed by atoms with Crippen LogP contribution in [0.15, 0.2) is 24.4 Å². The minimum atomic E-state index is -0.802. The first kappa shape index (κ1) is 15.9. The van der Waals surface area contributed by atoms with E-state index in [1.165, 1.54) is 0 Å². The van der Waals surface area contributed by atoms with Crippen molar-refractivity contribution in [2.24, 2.45) is 0 Å². The summed E-state index contributed by atoms with van der Waals surface area (Å²) in [6, 6.07) is 5.57. The smallest absolute Gasteiger partial charge is 0.317 e. The van der Waals surface area contributed by atoms with Gasteiger partial charge in [0.2, 0.25) is 0 Å². The van der Waals surface area contributed by atoms with Gasteiger partial charge in [-0.25, -0.2) is 4.79 Å². The van der Waals surface area contributed by atoms with E-state index in [1.54, 1.807) is 18.1 Å². The number of nitrogens with zero attached hydrogens (tertiary/aromatic N) is 2. The molecular formula is C14H21N3O3. The van der Waals surface area contributed by atoms with Crippen molar-refractivity contribution in [3.63, 3.8) is 0 Å². The van der Waals surface area contributed by atoms with Crippen LogP contribution in [0.4, 0.5) is 4.79 Å². The molecule has 0 fully saturated rings. The first-order valence-corrected chi connectivity index (χ1v) is 6.70. The summed E-state index contributed by atoms with van der Waals surface area (Å²) in [5.74, 6) is -0.802. The highest BCUT2D eigenvalue weighted by atomic mass is 16.4. The number of carbonyl (C=O) groups excluding carboxylic acids is 1. The van der Waals surface area contributed by atoms with Crippen LogP contribution in [0.2, 0.25) is 0 Å². The number of pyridine rings is 1. The van der Waals surface area contributed by atoms with E-state index in [0.717, 1.165) is 5.69 Å². The molecule has 20 heavy (non-hydrogen) atoms. The number of carboxylic acid groups (broad SMARTS) is 1. The molecule has 1 aromatic rings. The van der Waals surface area contributed by atoms with Gasteiger partial charge in [0, 0.05) is 44.9 Å². The van der Waals surface area contributed by atoms with Crippen LogP contribution in [0.3, 0.4) is 0 Å². The average molecular weight is 279 g/mol. The summed E-state index contributed by atoms with van der Waals surface area (Å²) >= 11 is 0. The number of aromatic nitrogens is 1. The fourth-order valence-electron chi connectivity index (χ4n) is 1.66. The fourth-order valence-corrected chi connectivity index (χ4v) is 1.66. The molecule has 0 saturated carbocycles. The Kier molecular flexibility index (Phi) is 7.10. The minimum Gasteiger partial charge on any atom is -0.481 e. The number of urea groups is 1. The number of nitrogens with one attached hydrogen (secondary N) is 1. The maximum absolute atomic E-state index is 11.7. The standard InChI is InChI=1S/C14H21N3O3/c1-17(11-8-12-6-2-4-9-15-12)14(20)16-10-5-3-7-13(18)19/h2,4,6,9H,3,5,7-8,10-11H2,1H3,(H,16,20)(H,18,19). The second-order valence-electron chi connectivity index (χ2n) is 4.58. The van der Waals surface area contributed by atoms with Gasteiger partial charge < -0.3 is 15.3 Å². The molecule has 0 atom stereocenters. The maximum atomic E-state index is 11.7. The van der Waals surface area contributed by atoms with Gasteiger partial charge in [-0.05, 0) is 25.0 Å². The van der Waals surface area contributed by atoms with Gasteiger partial charge in [-0.3, -0.25) is 9.78 Å². The van der Waals surface area contributed by atoms with Crippen LogP contribution >= 0.6 is 0 Å². The lowest BCUT2D eigenvalue weighted by Crippen LogP contribution is -2.38. The van der Waals surface area contributed by atoms with Crippen LogP contribution in [-0.4, -0.2) is 47.1 Å². The van der Waals surface area contributed by atoms with Crippen molar-refractivity contribution < 1.29 is 14.7 Å². The van der Waals surface area contributed by atoms with Crippen molar-refractivity contribution in [2.75, 3.05) is 20.1 Å². The number of carboxylic acids is 1. The third kappa shape index (κ3) is 6.72. The molecule has 0 aliphatic carbocycles. The summed E-state index contributed by atoms with van der Waals surface area (Å²) in [7, 11) is 1.73. The average Bonchev–Trinajstić information content (AvgIpc) is 2.45. The molecule has 2 amide bonds. The van der Waals surface area contributed by atoms with Crippen molar-refractivity contribution in [3.8, 4) is 0 Å². The Hall–Kier alpha value is -2.11. The second-order valence-corrected chi connectivity index (χ2v) is 4.58. The van der Waals surface area contributed by atoms with Crippen molar-refractivity contribution in [2.45, 2.75) is 25.7 Å². The van der Waals surface area contributed by atoms with E-state index < -0.39 is 5.97 Å². The topological polar surface area (TPSA) is 82.5 Å². The Balaban J connectivity index is 2.14. The number of amides is 2. The normalized spacial score (nSPS) is 10.1. The molecule has 1 heterocycles. The molecule has 110 valence electrons. The third-order valence-electron chi connectivity index (χ3n) is 2.87. The second kappa shape index (κ2) is 8.90. The number of likely N-dealkylation sites (N-methyl/N-ethyl adjacent to an activating group) is 1. The highest BCUT2D eigenvalue weighted by Crippen LogP contribution is 1.97. The summed E-state index contributed by atoms with van der Waals surface area (Å²) in [6.45, 7) is 1.10. The molecule has 0 saturated heterocycles. The summed E-state index contributed by atoms with van der Waals surface area (Å²) in [5.41, 5.74) is 0.952. The minimum absolute atomic E-state index is 0.142. The molecule has 0 aliphatic heterocycles. The van der Waals surface area contributed by atoms with Crippen LogP contribution in [0.25, 0.3) is 0 Å². The molecule has 0 aliphatic rings. The number of rotatable bonds is 8. The van der Waals surface area contributed by atoms with Crippen molar-refractivity contribution in [3.05, 3.63) is 30.1 Å². The van der Waals surface area contributed by atoms with Gasteiger partial charge in [0.1, 0.15) is 0 Å². The summed E-state index contributed by atoms with van der Waals surface area (Å²) in [6.07, 6.45) is 3.84. The number of hydrogen-bond donors (Lipinski definition) is 2. The van der Waals surface area contributed by atoms with Crippen molar-refractivity contribution in [1.29, 1.82) is 0 Å². The molecule has 0 unspecified atom stereocenters. The molecule has 6 nitrogen and oxygen atoms in total. The van der Waals surface area contributed by atoms with Gasteiger partial charge >= 0.3 is 12.0 Å². The lowest BCUT2D eigenvalue weighted by Gasteiger charge is -2.17. The zero-order valence-electron chi connectivity index (χ0n) is 11.7. The molecular weight excluding hydrogens is 258 g/mol. The van der Waals surface area contributed by atoms with E-state index in [4.69, 9.17) is 5.11 Å². The zero-order valence-corrected chi connectivity index (χ0v) is 11.7. The lowest BCUT2D eigenvalue weighted by molar-refractivity contribution is -0.137. The zero-order chi connectivity index (χ0) is 14.8. The van der Waals surface area contributed by atoms with E-state index in [1.807, 2.05) is 18.2 Å². The maximum Gasteiger partial charge on any atom is 0.317 e. The van der Waals surface area contributed by atoms with E-state index in [0.29, 0.717) is 32.4 Å². The molecule has 1 aromatic heterocycles. The predicted octanol–water partition coefficient (Wildman–Crippen LogP) is 1.52. The van der Waals surface area contributed by atoms with Gasteiger partial charge in [-0.15, -0.1) is 0 Å². The van der Waals surface area contributed by atoms with Crippen LogP contribution < -0.4 is 5.32 Å². The van der Waals surface area contributed by atoms with E-state index in [2.05, 4.69) is 10.3 Å². The fraction of sp³-hybridized carbons (Fsp3) is 0.500. The number of hydrogen-bond acceptors (Lipinski definition) is 3. The van der Waals surface area contributed by atoms with Crippen LogP contribution in [0.1, 0.15) is 25.0 Å². The van der Waals surface area contributed by atoms with Crippen LogP contribution in [0, 0.1) is 0 Å². The van der Waals surface area contributed by atoms with E-state index in [9.17, 15) is 9.59 Å². The Morgan fingerprint density at radius 2 is 2.15 bits per heavy atom. The summed E-state index contributed by atoms with van der Waals surface area (Å²) in [5, 5.41) is 11.3. The summed E-state index contributed by atoms with van der Waals surface area (Å²) in [4.78, 5) is 27.9. The Labute approximate surface area is 118 Å². The predicted molar refractivity (Wildman–Crippen MR) is 75.5 cm³/mol. The SMILES string of the molecule is CN(CCc1ccccn1)C(=O)NCCCCC(=O)O. The molecule has 0 bridgehead atoms. The molecule has 0 spiro atoms. The molecule has 6 heteroatoms.